The third kappa shape index (κ3) is 4.57. The Bertz CT molecular complexity index is 518. The zero-order chi connectivity index (χ0) is 15.5. The van der Waals surface area contributed by atoms with Gasteiger partial charge >= 0.3 is 5.97 Å². The Kier molecular flexibility index (Phi) is 4.76. The van der Waals surface area contributed by atoms with Gasteiger partial charge in [0.15, 0.2) is 6.10 Å². The summed E-state index contributed by atoms with van der Waals surface area (Å²) < 4.78 is 5.17. The van der Waals surface area contributed by atoms with E-state index in [0.717, 1.165) is 5.56 Å². The van der Waals surface area contributed by atoms with Gasteiger partial charge in [0.05, 0.1) is 5.56 Å². The van der Waals surface area contributed by atoms with Gasteiger partial charge in [0.2, 0.25) is 0 Å². The molecule has 1 aromatic carbocycles. The van der Waals surface area contributed by atoms with Crippen LogP contribution in [0.1, 0.15) is 43.6 Å². The molecule has 0 aromatic heterocycles. The van der Waals surface area contributed by atoms with Crippen molar-refractivity contribution in [2.75, 3.05) is 5.73 Å². The highest BCUT2D eigenvalue weighted by Crippen LogP contribution is 2.14. The lowest BCUT2D eigenvalue weighted by Gasteiger charge is -2.23. The number of hydrogen-bond acceptors (Lipinski definition) is 4. The number of nitrogens with one attached hydrogen (secondary N) is 1. The molecule has 20 heavy (non-hydrogen) atoms. The minimum atomic E-state index is -0.848. The summed E-state index contributed by atoms with van der Waals surface area (Å²) in [6.45, 7) is 8.91. The van der Waals surface area contributed by atoms with Crippen molar-refractivity contribution >= 4 is 17.6 Å². The second-order valence-electron chi connectivity index (χ2n) is 5.86. The standard InChI is InChI=1S/C15H22N2O3/c1-9-8-11(16)6-7-12(9)14(19)20-10(2)13(18)17-15(3,4)5/h6-8,10H,16H2,1-5H3,(H,17,18). The zero-order valence-electron chi connectivity index (χ0n) is 12.6. The van der Waals surface area contributed by atoms with Gasteiger partial charge in [-0.25, -0.2) is 4.79 Å². The number of rotatable bonds is 3. The predicted molar refractivity (Wildman–Crippen MR) is 78.4 cm³/mol. The topological polar surface area (TPSA) is 81.4 Å². The monoisotopic (exact) mass is 278 g/mol. The highest BCUT2D eigenvalue weighted by molar-refractivity contribution is 5.93. The lowest BCUT2D eigenvalue weighted by atomic mass is 10.1. The summed E-state index contributed by atoms with van der Waals surface area (Å²) in [6.07, 6.45) is -0.848. The van der Waals surface area contributed by atoms with Crippen LogP contribution in [0.25, 0.3) is 0 Å². The lowest BCUT2D eigenvalue weighted by Crippen LogP contribution is -2.46. The molecule has 5 nitrogen and oxygen atoms in total. The van der Waals surface area contributed by atoms with E-state index < -0.39 is 12.1 Å². The predicted octanol–water partition coefficient (Wildman–Crippen LogP) is 2.04. The van der Waals surface area contributed by atoms with Crippen molar-refractivity contribution in [1.82, 2.24) is 5.32 Å². The van der Waals surface area contributed by atoms with Gasteiger partial charge in [0.25, 0.3) is 5.91 Å². The minimum Gasteiger partial charge on any atom is -0.449 e. The third-order valence-electron chi connectivity index (χ3n) is 2.62. The van der Waals surface area contributed by atoms with Gasteiger partial charge < -0.3 is 15.8 Å². The molecule has 3 N–H and O–H groups in total. The van der Waals surface area contributed by atoms with Crippen LogP contribution >= 0.6 is 0 Å². The van der Waals surface area contributed by atoms with Gasteiger partial charge in [-0.3, -0.25) is 4.79 Å². The minimum absolute atomic E-state index is 0.320. The van der Waals surface area contributed by atoms with Gasteiger partial charge in [0.1, 0.15) is 0 Å². The summed E-state index contributed by atoms with van der Waals surface area (Å²) in [7, 11) is 0. The molecule has 0 aliphatic heterocycles. The van der Waals surface area contributed by atoms with Crippen LogP contribution < -0.4 is 11.1 Å². The Hall–Kier alpha value is -2.04. The second kappa shape index (κ2) is 5.94. The van der Waals surface area contributed by atoms with Gasteiger partial charge in [-0.05, 0) is 58.4 Å². The molecule has 110 valence electrons. The van der Waals surface area contributed by atoms with E-state index in [2.05, 4.69) is 5.32 Å². The number of esters is 1. The molecule has 1 rings (SSSR count). The van der Waals surface area contributed by atoms with Crippen LogP contribution in [0.15, 0.2) is 18.2 Å². The first-order chi connectivity index (χ1) is 9.10. The molecule has 0 aliphatic rings. The van der Waals surface area contributed by atoms with E-state index in [1.54, 1.807) is 32.0 Å². The maximum absolute atomic E-state index is 12.0. The number of benzene rings is 1. The Morgan fingerprint density at radius 1 is 1.30 bits per heavy atom. The van der Waals surface area contributed by atoms with E-state index in [1.165, 1.54) is 0 Å². The molecular weight excluding hydrogens is 256 g/mol. The lowest BCUT2D eigenvalue weighted by molar-refractivity contribution is -0.130. The van der Waals surface area contributed by atoms with Crippen molar-refractivity contribution in [3.63, 3.8) is 0 Å². The number of hydrogen-bond donors (Lipinski definition) is 2. The van der Waals surface area contributed by atoms with E-state index in [0.29, 0.717) is 11.3 Å². The molecule has 0 fully saturated rings. The van der Waals surface area contributed by atoms with E-state index in [9.17, 15) is 9.59 Å². The van der Waals surface area contributed by atoms with Crippen molar-refractivity contribution in [1.29, 1.82) is 0 Å². The van der Waals surface area contributed by atoms with E-state index in [4.69, 9.17) is 10.5 Å². The molecule has 1 unspecified atom stereocenters. The van der Waals surface area contributed by atoms with E-state index >= 15 is 0 Å². The van der Waals surface area contributed by atoms with Crippen LogP contribution in [0.3, 0.4) is 0 Å². The molecule has 1 atom stereocenters. The molecule has 0 spiro atoms. The van der Waals surface area contributed by atoms with Crippen LogP contribution in [-0.2, 0) is 9.53 Å². The van der Waals surface area contributed by atoms with Crippen molar-refractivity contribution in [2.24, 2.45) is 0 Å². The second-order valence-corrected chi connectivity index (χ2v) is 5.86. The number of carbonyl (C=O) groups excluding carboxylic acids is 2. The summed E-state index contributed by atoms with van der Waals surface area (Å²) >= 11 is 0. The first-order valence-electron chi connectivity index (χ1n) is 6.49. The SMILES string of the molecule is Cc1cc(N)ccc1C(=O)OC(C)C(=O)NC(C)(C)C. The smallest absolute Gasteiger partial charge is 0.339 e. The molecule has 0 saturated heterocycles. The Balaban J connectivity index is 2.73. The number of ether oxygens (including phenoxy) is 1. The number of carbonyl (C=O) groups is 2. The molecular formula is C15H22N2O3. The van der Waals surface area contributed by atoms with Crippen LogP contribution in [0.2, 0.25) is 0 Å². The van der Waals surface area contributed by atoms with Crippen LogP contribution in [-0.4, -0.2) is 23.5 Å². The van der Waals surface area contributed by atoms with Gasteiger partial charge in [-0.2, -0.15) is 0 Å². The van der Waals surface area contributed by atoms with Gasteiger partial charge in [-0.1, -0.05) is 0 Å². The summed E-state index contributed by atoms with van der Waals surface area (Å²) in [5, 5.41) is 2.76. The maximum atomic E-state index is 12.0. The van der Waals surface area contributed by atoms with Crippen molar-refractivity contribution in [2.45, 2.75) is 46.3 Å². The van der Waals surface area contributed by atoms with Crippen molar-refractivity contribution in [3.8, 4) is 0 Å². The van der Waals surface area contributed by atoms with E-state index in [1.807, 2.05) is 20.8 Å². The average molecular weight is 278 g/mol. The van der Waals surface area contributed by atoms with Crippen molar-refractivity contribution in [3.05, 3.63) is 29.3 Å². The molecule has 0 bridgehead atoms. The Labute approximate surface area is 119 Å². The first kappa shape index (κ1) is 16.0. The highest BCUT2D eigenvalue weighted by atomic mass is 16.5. The summed E-state index contributed by atoms with van der Waals surface area (Å²) in [4.78, 5) is 23.9. The number of anilines is 1. The van der Waals surface area contributed by atoms with Crippen molar-refractivity contribution < 1.29 is 14.3 Å². The zero-order valence-corrected chi connectivity index (χ0v) is 12.6. The first-order valence-corrected chi connectivity index (χ1v) is 6.49. The molecule has 0 heterocycles. The normalized spacial score (nSPS) is 12.7. The Morgan fingerprint density at radius 2 is 1.90 bits per heavy atom. The van der Waals surface area contributed by atoms with Crippen LogP contribution in [0.5, 0.6) is 0 Å². The Morgan fingerprint density at radius 3 is 2.40 bits per heavy atom. The number of nitrogens with two attached hydrogens (primary N) is 1. The van der Waals surface area contributed by atoms with Gasteiger partial charge in [-0.15, -0.1) is 0 Å². The fourth-order valence-electron chi connectivity index (χ4n) is 1.66. The number of aryl methyl sites for hydroxylation is 1. The summed E-state index contributed by atoms with van der Waals surface area (Å²) in [5.74, 6) is -0.849. The average Bonchev–Trinajstić information content (AvgIpc) is 2.26. The quantitative estimate of drug-likeness (QED) is 0.655. The molecule has 5 heteroatoms. The molecule has 1 amide bonds. The maximum Gasteiger partial charge on any atom is 0.339 e. The molecule has 0 radical (unpaired) electrons. The number of nitrogen functional groups attached to an aromatic ring is 1. The fraction of sp³-hybridized carbons (Fsp3) is 0.467. The highest BCUT2D eigenvalue weighted by Gasteiger charge is 2.23. The van der Waals surface area contributed by atoms with Crippen LogP contribution in [0.4, 0.5) is 5.69 Å². The third-order valence-corrected chi connectivity index (χ3v) is 2.62. The fourth-order valence-corrected chi connectivity index (χ4v) is 1.66. The number of amides is 1. The summed E-state index contributed by atoms with van der Waals surface area (Å²) in [5.41, 5.74) is 6.98. The molecule has 0 aliphatic carbocycles. The van der Waals surface area contributed by atoms with Crippen LogP contribution in [0, 0.1) is 6.92 Å². The largest absolute Gasteiger partial charge is 0.449 e. The van der Waals surface area contributed by atoms with Gasteiger partial charge in [0, 0.05) is 11.2 Å². The summed E-state index contributed by atoms with van der Waals surface area (Å²) in [6, 6.07) is 4.92. The van der Waals surface area contributed by atoms with E-state index in [-0.39, 0.29) is 11.4 Å². The molecule has 0 saturated carbocycles. The molecule has 1 aromatic rings.